The van der Waals surface area contributed by atoms with Gasteiger partial charge in [-0.05, 0) is 110 Å². The van der Waals surface area contributed by atoms with Gasteiger partial charge in [-0.1, -0.05) is 63.1 Å². The maximum atomic E-state index is 12.0. The van der Waals surface area contributed by atoms with Crippen LogP contribution in [0.1, 0.15) is 72.9 Å². The third-order valence-corrected chi connectivity index (χ3v) is 7.54. The number of rotatable bonds is 10. The van der Waals surface area contributed by atoms with Crippen LogP contribution in [0.25, 0.3) is 22.3 Å². The molecule has 4 nitrogen and oxygen atoms in total. The molecule has 3 aromatic rings. The van der Waals surface area contributed by atoms with Crippen molar-refractivity contribution in [1.29, 1.82) is 0 Å². The Labute approximate surface area is 210 Å². The van der Waals surface area contributed by atoms with Crippen LogP contribution in [0, 0.1) is 27.7 Å². The summed E-state index contributed by atoms with van der Waals surface area (Å²) in [5.74, 6) is 0.219. The lowest BCUT2D eigenvalue weighted by Gasteiger charge is -2.23. The van der Waals surface area contributed by atoms with E-state index in [1.807, 2.05) is 6.07 Å². The molecule has 3 rings (SSSR count). The Hall–Kier alpha value is -2.39. The second-order valence-electron chi connectivity index (χ2n) is 9.53. The van der Waals surface area contributed by atoms with Gasteiger partial charge in [0, 0.05) is 5.56 Å². The van der Waals surface area contributed by atoms with Crippen molar-refractivity contribution in [2.75, 3.05) is 0 Å². The predicted molar refractivity (Wildman–Crippen MR) is 146 cm³/mol. The van der Waals surface area contributed by atoms with Crippen LogP contribution in [-0.4, -0.2) is 9.79 Å². The second kappa shape index (κ2) is 11.6. The van der Waals surface area contributed by atoms with Gasteiger partial charge in [0.05, 0.1) is 0 Å². The summed E-state index contributed by atoms with van der Waals surface area (Å²) in [7, 11) is -4.75. The molecule has 0 bridgehead atoms. The van der Waals surface area contributed by atoms with Gasteiger partial charge in [-0.3, -0.25) is 9.79 Å². The molecular formula is C30H39O4P. The summed E-state index contributed by atoms with van der Waals surface area (Å²) in [6.45, 7) is 12.9. The molecule has 0 saturated heterocycles. The van der Waals surface area contributed by atoms with Crippen LogP contribution in [0.3, 0.4) is 0 Å². The number of hydrogen-bond acceptors (Lipinski definition) is 2. The van der Waals surface area contributed by atoms with E-state index in [2.05, 4.69) is 71.9 Å². The highest BCUT2D eigenvalue weighted by Crippen LogP contribution is 2.48. The largest absolute Gasteiger partial charge is 0.524 e. The van der Waals surface area contributed by atoms with Gasteiger partial charge in [0.15, 0.2) is 0 Å². The first-order chi connectivity index (χ1) is 16.6. The third kappa shape index (κ3) is 6.25. The average Bonchev–Trinajstić information content (AvgIpc) is 2.80. The van der Waals surface area contributed by atoms with Crippen molar-refractivity contribution in [2.24, 2.45) is 0 Å². The van der Waals surface area contributed by atoms with Gasteiger partial charge in [-0.2, -0.15) is 0 Å². The molecule has 3 aromatic carbocycles. The monoisotopic (exact) mass is 494 g/mol. The first-order valence-corrected chi connectivity index (χ1v) is 14.2. The number of phosphoric ester groups is 1. The van der Waals surface area contributed by atoms with E-state index in [-0.39, 0.29) is 5.75 Å². The Morgan fingerprint density at radius 3 is 1.74 bits per heavy atom. The number of phosphoric acid groups is 1. The van der Waals surface area contributed by atoms with Gasteiger partial charge in [0.25, 0.3) is 0 Å². The molecule has 0 heterocycles. The fraction of sp³-hybridized carbons (Fsp3) is 0.400. The minimum atomic E-state index is -4.75. The lowest BCUT2D eigenvalue weighted by atomic mass is 9.83. The molecule has 0 spiro atoms. The standard InChI is InChI=1S/C30H39O4P/c1-7-9-12-24-22(5)20(3)16-18-26(24)27-14-11-15-29(34-35(31,32)33)30(27)28-19-17-21(4)23(6)25(28)13-10-8-2/h11,14-19H,7-10,12-13H2,1-6H3,(H2,31,32,33). The minimum absolute atomic E-state index is 0.219. The summed E-state index contributed by atoms with van der Waals surface area (Å²) in [5, 5.41) is 0. The lowest BCUT2D eigenvalue weighted by Crippen LogP contribution is -2.03. The molecule has 0 atom stereocenters. The molecule has 0 aliphatic carbocycles. The molecular weight excluding hydrogens is 455 g/mol. The normalized spacial score (nSPS) is 11.7. The zero-order valence-corrected chi connectivity index (χ0v) is 22.8. The summed E-state index contributed by atoms with van der Waals surface area (Å²) in [4.78, 5) is 19.5. The highest BCUT2D eigenvalue weighted by molar-refractivity contribution is 7.46. The molecule has 188 valence electrons. The van der Waals surface area contributed by atoms with E-state index >= 15 is 0 Å². The molecule has 0 aliphatic heterocycles. The SMILES string of the molecule is CCCCc1c(-c2cccc(OP(=O)(O)O)c2-c2ccc(C)c(C)c2CCCC)ccc(C)c1C. The fourth-order valence-corrected chi connectivity index (χ4v) is 5.23. The van der Waals surface area contributed by atoms with Crippen LogP contribution in [0.2, 0.25) is 0 Å². The van der Waals surface area contributed by atoms with E-state index in [0.717, 1.165) is 60.8 Å². The van der Waals surface area contributed by atoms with Crippen LogP contribution >= 0.6 is 7.82 Å². The topological polar surface area (TPSA) is 66.8 Å². The fourth-order valence-electron chi connectivity index (χ4n) is 4.82. The van der Waals surface area contributed by atoms with Crippen LogP contribution < -0.4 is 4.52 Å². The van der Waals surface area contributed by atoms with Crippen molar-refractivity contribution >= 4 is 7.82 Å². The molecule has 0 unspecified atom stereocenters. The molecule has 0 saturated carbocycles. The Morgan fingerprint density at radius 1 is 0.714 bits per heavy atom. The van der Waals surface area contributed by atoms with Gasteiger partial charge >= 0.3 is 7.82 Å². The van der Waals surface area contributed by atoms with E-state index in [4.69, 9.17) is 4.52 Å². The Balaban J connectivity index is 2.40. The average molecular weight is 495 g/mol. The van der Waals surface area contributed by atoms with Crippen LogP contribution in [0.15, 0.2) is 42.5 Å². The molecule has 35 heavy (non-hydrogen) atoms. The van der Waals surface area contributed by atoms with E-state index in [9.17, 15) is 14.4 Å². The van der Waals surface area contributed by atoms with Crippen molar-refractivity contribution in [1.82, 2.24) is 0 Å². The molecule has 0 radical (unpaired) electrons. The Morgan fingerprint density at radius 2 is 1.23 bits per heavy atom. The van der Waals surface area contributed by atoms with E-state index in [1.165, 1.54) is 33.4 Å². The predicted octanol–water partition coefficient (Wildman–Crippen LogP) is 8.41. The molecule has 0 amide bonds. The highest BCUT2D eigenvalue weighted by atomic mass is 31.2. The first-order valence-electron chi connectivity index (χ1n) is 12.7. The van der Waals surface area contributed by atoms with Crippen molar-refractivity contribution in [3.63, 3.8) is 0 Å². The van der Waals surface area contributed by atoms with Gasteiger partial charge in [0.1, 0.15) is 5.75 Å². The van der Waals surface area contributed by atoms with Crippen LogP contribution in [0.5, 0.6) is 5.75 Å². The van der Waals surface area contributed by atoms with E-state index in [1.54, 1.807) is 6.07 Å². The third-order valence-electron chi connectivity index (χ3n) is 7.10. The van der Waals surface area contributed by atoms with Crippen LogP contribution in [-0.2, 0) is 17.4 Å². The zero-order chi connectivity index (χ0) is 25.8. The number of aryl methyl sites for hydroxylation is 2. The van der Waals surface area contributed by atoms with Crippen molar-refractivity contribution in [3.05, 3.63) is 75.8 Å². The molecule has 0 fully saturated rings. The van der Waals surface area contributed by atoms with Crippen LogP contribution in [0.4, 0.5) is 0 Å². The molecule has 0 aliphatic rings. The van der Waals surface area contributed by atoms with E-state index < -0.39 is 7.82 Å². The van der Waals surface area contributed by atoms with Gasteiger partial charge in [-0.25, -0.2) is 4.57 Å². The lowest BCUT2D eigenvalue weighted by molar-refractivity contribution is 0.283. The summed E-state index contributed by atoms with van der Waals surface area (Å²) < 4.78 is 17.3. The Bertz CT molecular complexity index is 1240. The second-order valence-corrected chi connectivity index (χ2v) is 10.7. The van der Waals surface area contributed by atoms with E-state index in [0.29, 0.717) is 0 Å². The smallest absolute Gasteiger partial charge is 0.404 e. The molecule has 5 heteroatoms. The highest BCUT2D eigenvalue weighted by Gasteiger charge is 2.25. The summed E-state index contributed by atoms with van der Waals surface area (Å²) in [6, 6.07) is 14.0. The van der Waals surface area contributed by atoms with Gasteiger partial charge in [0.2, 0.25) is 0 Å². The molecule has 2 N–H and O–H groups in total. The van der Waals surface area contributed by atoms with Gasteiger partial charge < -0.3 is 4.52 Å². The number of hydrogen-bond donors (Lipinski definition) is 2. The quantitative estimate of drug-likeness (QED) is 0.278. The van der Waals surface area contributed by atoms with Crippen molar-refractivity contribution in [3.8, 4) is 28.0 Å². The Kier molecular flexibility index (Phi) is 8.99. The number of benzene rings is 3. The summed E-state index contributed by atoms with van der Waals surface area (Å²) in [6.07, 6.45) is 6.14. The van der Waals surface area contributed by atoms with Crippen molar-refractivity contribution in [2.45, 2.75) is 80.1 Å². The van der Waals surface area contributed by atoms with Crippen molar-refractivity contribution < 1.29 is 18.9 Å². The number of unbranched alkanes of at least 4 members (excludes halogenated alkanes) is 2. The minimum Gasteiger partial charge on any atom is -0.404 e. The summed E-state index contributed by atoms with van der Waals surface area (Å²) >= 11 is 0. The molecule has 0 aromatic heterocycles. The first kappa shape index (κ1) is 27.2. The van der Waals surface area contributed by atoms with Gasteiger partial charge in [-0.15, -0.1) is 0 Å². The summed E-state index contributed by atoms with van der Waals surface area (Å²) in [5.41, 5.74) is 11.3. The maximum Gasteiger partial charge on any atom is 0.524 e. The maximum absolute atomic E-state index is 12.0. The zero-order valence-electron chi connectivity index (χ0n) is 21.9.